The van der Waals surface area contributed by atoms with E-state index in [-0.39, 0.29) is 5.41 Å². The first kappa shape index (κ1) is 20.2. The first-order chi connectivity index (χ1) is 8.95. The molecular weight excluding hydrogens is 267 g/mol. The van der Waals surface area contributed by atoms with E-state index in [4.69, 9.17) is 0 Å². The molecule has 0 rings (SSSR count). The van der Waals surface area contributed by atoms with Gasteiger partial charge in [0.25, 0.3) is 0 Å². The summed E-state index contributed by atoms with van der Waals surface area (Å²) >= 11 is 0. The molecule has 0 aromatic heterocycles. The van der Waals surface area contributed by atoms with E-state index < -0.39 is 7.37 Å². The summed E-state index contributed by atoms with van der Waals surface area (Å²) < 4.78 is 12.4. The van der Waals surface area contributed by atoms with Crippen LogP contribution in [0.5, 0.6) is 0 Å². The summed E-state index contributed by atoms with van der Waals surface area (Å²) in [5, 5.41) is 0. The third-order valence-electron chi connectivity index (χ3n) is 3.74. The summed E-state index contributed by atoms with van der Waals surface area (Å²) in [7, 11) is -2.97. The van der Waals surface area contributed by atoms with Gasteiger partial charge in [-0.2, -0.15) is 0 Å². The van der Waals surface area contributed by atoms with Crippen molar-refractivity contribution in [1.29, 1.82) is 0 Å². The molecule has 0 heterocycles. The molecule has 0 spiro atoms. The van der Waals surface area contributed by atoms with Crippen LogP contribution in [0.15, 0.2) is 0 Å². The Morgan fingerprint density at radius 3 is 1.95 bits per heavy atom. The van der Waals surface area contributed by atoms with E-state index in [1.165, 1.54) is 12.8 Å². The van der Waals surface area contributed by atoms with Gasteiger partial charge in [-0.05, 0) is 36.0 Å². The Morgan fingerprint density at radius 2 is 1.50 bits per heavy atom. The van der Waals surface area contributed by atoms with Crippen LogP contribution in [0.4, 0.5) is 0 Å². The Morgan fingerprint density at radius 1 is 1.00 bits per heavy atom. The zero-order valence-corrected chi connectivity index (χ0v) is 15.7. The Hall–Kier alpha value is 0.190. The summed E-state index contributed by atoms with van der Waals surface area (Å²) in [6, 6.07) is 0. The Labute approximate surface area is 127 Å². The predicted molar refractivity (Wildman–Crippen MR) is 90.6 cm³/mol. The number of hydrogen-bond donors (Lipinski definition) is 1. The monoisotopic (exact) mass is 304 g/mol. The van der Waals surface area contributed by atoms with E-state index in [1.54, 1.807) is 0 Å². The zero-order chi connectivity index (χ0) is 16.0. The maximum absolute atomic E-state index is 12.4. The van der Waals surface area contributed by atoms with Crippen LogP contribution in [-0.4, -0.2) is 17.2 Å². The van der Waals surface area contributed by atoms with Gasteiger partial charge in [0.15, 0.2) is 0 Å². The van der Waals surface area contributed by atoms with Crippen LogP contribution >= 0.6 is 7.37 Å². The summed E-state index contributed by atoms with van der Waals surface area (Å²) in [4.78, 5) is 10.3. The normalized spacial score (nSPS) is 20.2. The smallest absolute Gasteiger partial charge is 0.201 e. The van der Waals surface area contributed by atoms with Crippen molar-refractivity contribution in [2.75, 3.05) is 12.3 Å². The minimum absolute atomic E-state index is 0.237. The van der Waals surface area contributed by atoms with E-state index in [9.17, 15) is 9.46 Å². The van der Waals surface area contributed by atoms with Gasteiger partial charge in [0.05, 0.1) is 0 Å². The fourth-order valence-corrected chi connectivity index (χ4v) is 5.91. The molecule has 4 unspecified atom stereocenters. The lowest BCUT2D eigenvalue weighted by molar-refractivity contribution is 0.316. The average molecular weight is 304 g/mol. The molecule has 0 aromatic rings. The number of hydrogen-bond acceptors (Lipinski definition) is 1. The molecule has 0 fully saturated rings. The molecule has 2 nitrogen and oxygen atoms in total. The first-order valence-electron chi connectivity index (χ1n) is 8.26. The van der Waals surface area contributed by atoms with Crippen LogP contribution in [-0.2, 0) is 4.57 Å². The third-order valence-corrected chi connectivity index (χ3v) is 6.13. The maximum Gasteiger partial charge on any atom is 0.201 e. The first-order valence-corrected chi connectivity index (χ1v) is 10.3. The van der Waals surface area contributed by atoms with E-state index >= 15 is 0 Å². The molecule has 0 aliphatic heterocycles. The molecule has 1 N–H and O–H groups in total. The van der Waals surface area contributed by atoms with Crippen molar-refractivity contribution in [1.82, 2.24) is 0 Å². The second kappa shape index (κ2) is 8.59. The quantitative estimate of drug-likeness (QED) is 0.547. The molecule has 0 aliphatic carbocycles. The summed E-state index contributed by atoms with van der Waals surface area (Å²) in [6.07, 6.45) is 5.49. The highest BCUT2D eigenvalue weighted by Crippen LogP contribution is 2.46. The highest BCUT2D eigenvalue weighted by Gasteiger charge is 2.27. The largest absolute Gasteiger partial charge is 0.344 e. The molecular formula is C17H37O2P. The SMILES string of the molecule is CCCC(C)CC(C)CP(=O)(O)CC(C)CC(C)(C)C. The van der Waals surface area contributed by atoms with Crippen molar-refractivity contribution < 1.29 is 9.46 Å². The Balaban J connectivity index is 4.26. The lowest BCUT2D eigenvalue weighted by atomic mass is 9.86. The molecule has 122 valence electrons. The molecule has 20 heavy (non-hydrogen) atoms. The van der Waals surface area contributed by atoms with Gasteiger partial charge in [0.1, 0.15) is 0 Å². The van der Waals surface area contributed by atoms with Gasteiger partial charge < -0.3 is 4.89 Å². The van der Waals surface area contributed by atoms with Crippen molar-refractivity contribution in [3.63, 3.8) is 0 Å². The standard InChI is InChI=1S/C17H37O2P/c1-8-9-14(2)10-15(3)12-20(18,19)13-16(4)11-17(5,6)7/h14-16H,8-13H2,1-7H3,(H,18,19). The molecule has 0 amide bonds. The summed E-state index contributed by atoms with van der Waals surface area (Å²) in [6.45, 7) is 15.3. The van der Waals surface area contributed by atoms with Gasteiger partial charge in [0.2, 0.25) is 7.37 Å². The molecule has 4 atom stereocenters. The fourth-order valence-electron chi connectivity index (χ4n) is 3.53. The van der Waals surface area contributed by atoms with Crippen molar-refractivity contribution in [3.05, 3.63) is 0 Å². The van der Waals surface area contributed by atoms with Crippen LogP contribution < -0.4 is 0 Å². The molecule has 0 saturated heterocycles. The van der Waals surface area contributed by atoms with Crippen LogP contribution in [0.1, 0.15) is 74.1 Å². The van der Waals surface area contributed by atoms with Crippen molar-refractivity contribution >= 4 is 7.37 Å². The van der Waals surface area contributed by atoms with E-state index in [0.29, 0.717) is 30.1 Å². The van der Waals surface area contributed by atoms with Gasteiger partial charge in [-0.1, -0.05) is 61.3 Å². The van der Waals surface area contributed by atoms with E-state index in [2.05, 4.69) is 48.5 Å². The topological polar surface area (TPSA) is 37.3 Å². The van der Waals surface area contributed by atoms with Crippen LogP contribution in [0.25, 0.3) is 0 Å². The third kappa shape index (κ3) is 10.9. The van der Waals surface area contributed by atoms with E-state index in [1.807, 2.05) is 0 Å². The Kier molecular flexibility index (Phi) is 8.67. The van der Waals surface area contributed by atoms with Gasteiger partial charge >= 0.3 is 0 Å². The van der Waals surface area contributed by atoms with Crippen molar-refractivity contribution in [2.24, 2.45) is 23.2 Å². The molecule has 0 radical (unpaired) electrons. The second-order valence-corrected chi connectivity index (χ2v) is 10.7. The number of rotatable bonds is 9. The maximum atomic E-state index is 12.4. The van der Waals surface area contributed by atoms with E-state index in [0.717, 1.165) is 12.8 Å². The molecule has 3 heteroatoms. The van der Waals surface area contributed by atoms with Gasteiger partial charge in [-0.3, -0.25) is 4.57 Å². The lowest BCUT2D eigenvalue weighted by Gasteiger charge is -2.26. The fraction of sp³-hybridized carbons (Fsp3) is 1.00. The van der Waals surface area contributed by atoms with Crippen LogP contribution in [0.2, 0.25) is 0 Å². The second-order valence-electron chi connectivity index (χ2n) is 8.32. The average Bonchev–Trinajstić information content (AvgIpc) is 2.10. The molecule has 0 bridgehead atoms. The lowest BCUT2D eigenvalue weighted by Crippen LogP contribution is -2.16. The Bertz CT molecular complexity index is 307. The molecule has 0 aliphatic rings. The summed E-state index contributed by atoms with van der Waals surface area (Å²) in [5.74, 6) is 1.35. The predicted octanol–water partition coefficient (Wildman–Crippen LogP) is 5.79. The van der Waals surface area contributed by atoms with Crippen molar-refractivity contribution in [3.8, 4) is 0 Å². The van der Waals surface area contributed by atoms with Gasteiger partial charge in [0, 0.05) is 12.3 Å². The van der Waals surface area contributed by atoms with Gasteiger partial charge in [-0.25, -0.2) is 0 Å². The van der Waals surface area contributed by atoms with Crippen molar-refractivity contribution in [2.45, 2.75) is 74.1 Å². The summed E-state index contributed by atoms with van der Waals surface area (Å²) in [5.41, 5.74) is 0.237. The highest BCUT2D eigenvalue weighted by molar-refractivity contribution is 7.58. The van der Waals surface area contributed by atoms with Crippen LogP contribution in [0, 0.1) is 23.2 Å². The molecule has 0 aromatic carbocycles. The van der Waals surface area contributed by atoms with Crippen LogP contribution in [0.3, 0.4) is 0 Å². The molecule has 0 saturated carbocycles. The highest BCUT2D eigenvalue weighted by atomic mass is 31.2. The zero-order valence-electron chi connectivity index (χ0n) is 14.8. The minimum Gasteiger partial charge on any atom is -0.344 e. The minimum atomic E-state index is -2.97. The van der Waals surface area contributed by atoms with Gasteiger partial charge in [-0.15, -0.1) is 0 Å².